The highest BCUT2D eigenvalue weighted by Gasteiger charge is 2.22. The standard InChI is InChI=1S/C34H34N4O4.C4H7NO4/c1-7-21-17(3)25-13-26-19(5)23(9-11-33(39)40)31(37-26)16-32-24(10-12-34(41)42)20(6)28(38-32)15-30-22(8-2)18(4)27(36-30)14-29(21)35-25;6-3(7)1-5-2-4(8)9/h7-8,13-16,35-36H,1-2,9-12H2,3-6H3,(H,39,40)(H,41,42);5H,1-2H2,(H,6,7)(H,8,9). The monoisotopic (exact) mass is 695 g/mol. The Morgan fingerprint density at radius 3 is 1.39 bits per heavy atom. The van der Waals surface area contributed by atoms with Crippen molar-refractivity contribution in [3.63, 3.8) is 0 Å². The summed E-state index contributed by atoms with van der Waals surface area (Å²) in [6.07, 6.45) is 4.20. The van der Waals surface area contributed by atoms with E-state index in [1.54, 1.807) is 0 Å². The third kappa shape index (κ3) is 8.75. The summed E-state index contributed by atoms with van der Waals surface area (Å²) in [5.74, 6) is -3.89. The molecule has 3 aromatic heterocycles. The minimum absolute atomic E-state index is 0.0367. The van der Waals surface area contributed by atoms with Gasteiger partial charge >= 0.3 is 23.9 Å². The Morgan fingerprint density at radius 1 is 0.608 bits per heavy atom. The summed E-state index contributed by atoms with van der Waals surface area (Å²) < 4.78 is 0. The van der Waals surface area contributed by atoms with Crippen LogP contribution < -0.4 is 5.32 Å². The Bertz CT molecular complexity index is 2170. The first-order chi connectivity index (χ1) is 24.1. The lowest BCUT2D eigenvalue weighted by atomic mass is 9.98. The van der Waals surface area contributed by atoms with Crippen LogP contribution in [0.4, 0.5) is 0 Å². The molecule has 0 amide bonds. The van der Waals surface area contributed by atoms with E-state index in [1.807, 2.05) is 58.0 Å². The van der Waals surface area contributed by atoms with Crippen LogP contribution in [-0.2, 0) is 19.2 Å². The van der Waals surface area contributed by atoms with Crippen LogP contribution in [0.5, 0.6) is 0 Å². The lowest BCUT2D eigenvalue weighted by Gasteiger charge is -2.05. The van der Waals surface area contributed by atoms with E-state index in [2.05, 4.69) is 34.5 Å². The highest BCUT2D eigenvalue weighted by molar-refractivity contribution is 5.97. The van der Waals surface area contributed by atoms with E-state index in [0.29, 0.717) is 24.2 Å². The molecule has 0 aromatic carbocycles. The van der Waals surface area contributed by atoms with Crippen molar-refractivity contribution in [2.75, 3.05) is 13.1 Å². The van der Waals surface area contributed by atoms with Crippen LogP contribution in [0.2, 0.25) is 0 Å². The maximum Gasteiger partial charge on any atom is 0.317 e. The van der Waals surface area contributed by atoms with Gasteiger partial charge in [0.25, 0.3) is 0 Å². The predicted octanol–water partition coefficient (Wildman–Crippen LogP) is 6.55. The third-order valence-corrected chi connectivity index (χ3v) is 8.77. The molecule has 8 bridgehead atoms. The molecule has 5 rings (SSSR count). The molecule has 51 heavy (non-hydrogen) atoms. The van der Waals surface area contributed by atoms with Crippen molar-refractivity contribution in [2.24, 2.45) is 0 Å². The number of aliphatic carboxylic acids is 4. The molecule has 3 aromatic rings. The number of H-pyrrole nitrogens is 2. The number of hydrogen-bond acceptors (Lipinski definition) is 7. The second kappa shape index (κ2) is 16.1. The van der Waals surface area contributed by atoms with Crippen LogP contribution in [0.3, 0.4) is 0 Å². The summed E-state index contributed by atoms with van der Waals surface area (Å²) >= 11 is 0. The molecule has 0 saturated heterocycles. The number of nitrogens with zero attached hydrogens (tertiary/aromatic N) is 2. The van der Waals surface area contributed by atoms with Crippen molar-refractivity contribution in [2.45, 2.75) is 53.4 Å². The van der Waals surface area contributed by atoms with Crippen molar-refractivity contribution < 1.29 is 39.6 Å². The van der Waals surface area contributed by atoms with Crippen molar-refractivity contribution in [3.05, 3.63) is 82.5 Å². The van der Waals surface area contributed by atoms with E-state index in [4.69, 9.17) is 20.2 Å². The molecule has 2 aliphatic heterocycles. The molecule has 0 spiro atoms. The third-order valence-electron chi connectivity index (χ3n) is 8.77. The maximum atomic E-state index is 11.5. The number of aryl methyl sites for hydroxylation is 2. The first-order valence-electron chi connectivity index (χ1n) is 16.1. The molecule has 0 atom stereocenters. The van der Waals surface area contributed by atoms with Gasteiger partial charge in [0.1, 0.15) is 0 Å². The predicted molar refractivity (Wildman–Crippen MR) is 198 cm³/mol. The topological polar surface area (TPSA) is 219 Å². The van der Waals surface area contributed by atoms with Gasteiger partial charge in [-0.05, 0) is 98.2 Å². The van der Waals surface area contributed by atoms with Crippen molar-refractivity contribution >= 4 is 80.4 Å². The van der Waals surface area contributed by atoms with Gasteiger partial charge in [0, 0.05) is 46.0 Å². The van der Waals surface area contributed by atoms with Gasteiger partial charge in [-0.15, -0.1) is 0 Å². The number of allylic oxidation sites excluding steroid dienone is 4. The summed E-state index contributed by atoms with van der Waals surface area (Å²) in [4.78, 5) is 59.5. The molecule has 0 radical (unpaired) electrons. The quantitative estimate of drug-likeness (QED) is 0.108. The van der Waals surface area contributed by atoms with Crippen molar-refractivity contribution in [1.29, 1.82) is 0 Å². The van der Waals surface area contributed by atoms with Crippen LogP contribution >= 0.6 is 0 Å². The number of hydrogen-bond donors (Lipinski definition) is 7. The largest absolute Gasteiger partial charge is 0.481 e. The summed E-state index contributed by atoms with van der Waals surface area (Å²) in [5, 5.41) is 37.0. The Labute approximate surface area is 293 Å². The van der Waals surface area contributed by atoms with Crippen LogP contribution in [-0.4, -0.2) is 77.3 Å². The molecule has 266 valence electrons. The SMILES string of the molecule is C=Cc1c(C)c2cc3[nH]c(cc4nc(cc5nc(cc1[nH]2)C(C)=C5CCC(=O)O)C(CCC(=O)O)=C4C)c(C)c3C=C.O=C(O)CNCC(=O)O. The fourth-order valence-corrected chi connectivity index (χ4v) is 6.04. The van der Waals surface area contributed by atoms with Gasteiger partial charge in [0.2, 0.25) is 0 Å². The minimum Gasteiger partial charge on any atom is -0.481 e. The highest BCUT2D eigenvalue weighted by Crippen LogP contribution is 2.38. The molecular formula is C38H41N5O8. The summed E-state index contributed by atoms with van der Waals surface area (Å²) in [5.41, 5.74) is 13.7. The number of rotatable bonds is 12. The van der Waals surface area contributed by atoms with Gasteiger partial charge in [0.05, 0.1) is 35.9 Å². The molecule has 13 nitrogen and oxygen atoms in total. The number of carboxylic acids is 4. The molecule has 0 aliphatic carbocycles. The Hall–Kier alpha value is -6.08. The number of fused-ring (bicyclic) bond motifs is 8. The first-order valence-corrected chi connectivity index (χ1v) is 16.1. The smallest absolute Gasteiger partial charge is 0.317 e. The van der Waals surface area contributed by atoms with Crippen LogP contribution in [0.15, 0.2) is 37.4 Å². The maximum absolute atomic E-state index is 11.5. The number of carbonyl (C=O) groups is 4. The molecular weight excluding hydrogens is 654 g/mol. The van der Waals surface area contributed by atoms with E-state index >= 15 is 0 Å². The lowest BCUT2D eigenvalue weighted by molar-refractivity contribution is -0.138. The zero-order valence-corrected chi connectivity index (χ0v) is 28.9. The number of aromatic nitrogens is 4. The zero-order valence-electron chi connectivity index (χ0n) is 28.9. The second-order valence-electron chi connectivity index (χ2n) is 12.1. The molecule has 0 saturated carbocycles. The van der Waals surface area contributed by atoms with E-state index in [0.717, 1.165) is 78.0 Å². The molecule has 0 fully saturated rings. The average Bonchev–Trinajstić information content (AvgIpc) is 3.71. The minimum atomic E-state index is -1.06. The summed E-state index contributed by atoms with van der Waals surface area (Å²) in [6.45, 7) is 15.4. The van der Waals surface area contributed by atoms with Crippen LogP contribution in [0.1, 0.15) is 84.6 Å². The Morgan fingerprint density at radius 2 is 1.00 bits per heavy atom. The van der Waals surface area contributed by atoms with E-state index in [1.165, 1.54) is 0 Å². The summed E-state index contributed by atoms with van der Waals surface area (Å²) in [6, 6.07) is 7.88. The van der Waals surface area contributed by atoms with E-state index in [9.17, 15) is 29.4 Å². The van der Waals surface area contributed by atoms with Gasteiger partial charge < -0.3 is 30.4 Å². The Balaban J connectivity index is 0.000000573. The fourth-order valence-electron chi connectivity index (χ4n) is 6.04. The van der Waals surface area contributed by atoms with Gasteiger partial charge in [-0.2, -0.15) is 0 Å². The second-order valence-corrected chi connectivity index (χ2v) is 12.1. The van der Waals surface area contributed by atoms with Crippen molar-refractivity contribution in [3.8, 4) is 0 Å². The lowest BCUT2D eigenvalue weighted by Crippen LogP contribution is -2.27. The van der Waals surface area contributed by atoms with Crippen LogP contribution in [0, 0.1) is 13.8 Å². The van der Waals surface area contributed by atoms with Crippen LogP contribution in [0.25, 0.3) is 56.5 Å². The average molecular weight is 696 g/mol. The number of aromatic amines is 2. The van der Waals surface area contributed by atoms with Gasteiger partial charge in [-0.25, -0.2) is 9.97 Å². The first kappa shape index (κ1) is 37.7. The van der Waals surface area contributed by atoms with Gasteiger partial charge in [-0.1, -0.05) is 25.3 Å². The molecule has 2 aliphatic rings. The van der Waals surface area contributed by atoms with E-state index < -0.39 is 23.9 Å². The van der Waals surface area contributed by atoms with Crippen molar-refractivity contribution in [1.82, 2.24) is 25.3 Å². The Kier molecular flexibility index (Phi) is 11.9. The molecule has 13 heteroatoms. The summed E-state index contributed by atoms with van der Waals surface area (Å²) in [7, 11) is 0. The van der Waals surface area contributed by atoms with Gasteiger partial charge in [0.15, 0.2) is 0 Å². The van der Waals surface area contributed by atoms with E-state index in [-0.39, 0.29) is 25.9 Å². The fraction of sp³-hybridized carbons (Fsp3) is 0.263. The molecule has 7 N–H and O–H groups in total. The molecule has 5 heterocycles. The number of carboxylic acid groups (broad SMARTS) is 4. The van der Waals surface area contributed by atoms with Gasteiger partial charge in [-0.3, -0.25) is 24.5 Å². The number of nitrogens with one attached hydrogen (secondary N) is 3. The zero-order chi connectivity index (χ0) is 37.6. The molecule has 0 unspecified atom stereocenters. The highest BCUT2D eigenvalue weighted by atomic mass is 16.4. The normalized spacial score (nSPS) is 12.3.